The van der Waals surface area contributed by atoms with Crippen LogP contribution in [0.2, 0.25) is 0 Å². The van der Waals surface area contributed by atoms with E-state index < -0.39 is 0 Å². The van der Waals surface area contributed by atoms with Gasteiger partial charge < -0.3 is 29.7 Å². The van der Waals surface area contributed by atoms with Gasteiger partial charge in [-0.2, -0.15) is 0 Å². The summed E-state index contributed by atoms with van der Waals surface area (Å²) in [5.74, 6) is -0.704. The zero-order chi connectivity index (χ0) is 21.3. The molecule has 0 aliphatic rings. The van der Waals surface area contributed by atoms with Crippen LogP contribution in [0.3, 0.4) is 0 Å². The van der Waals surface area contributed by atoms with Gasteiger partial charge in [0.1, 0.15) is 11.4 Å². The van der Waals surface area contributed by atoms with E-state index in [4.69, 9.17) is 0 Å². The molecule has 2 amide bonds. The molecule has 0 atom stereocenters. The lowest BCUT2D eigenvalue weighted by Crippen LogP contribution is -2.15. The number of ketones is 1. The Balaban J connectivity index is 1.74. The molecule has 3 rings (SSSR count). The topological polar surface area (TPSA) is 102 Å². The van der Waals surface area contributed by atoms with E-state index >= 15 is 0 Å². The minimum Gasteiger partial charge on any atom is -0.387 e. The van der Waals surface area contributed by atoms with E-state index in [2.05, 4.69) is 16.0 Å². The second-order valence-electron chi connectivity index (χ2n) is 6.89. The molecule has 29 heavy (non-hydrogen) atoms. The maximum absolute atomic E-state index is 12.6. The van der Waals surface area contributed by atoms with Gasteiger partial charge in [-0.25, -0.2) is 0 Å². The van der Waals surface area contributed by atoms with E-state index in [1.54, 1.807) is 72.5 Å². The van der Waals surface area contributed by atoms with Crippen LogP contribution in [-0.2, 0) is 21.1 Å². The SMILES string of the molecule is CNc1cc(C(=O)Nc2cc(C(=O)Nc3cc(C(C)=O)n(C)c3)n(C)c2)n(C)c1. The molecule has 0 saturated carbocycles. The molecule has 9 nitrogen and oxygen atoms in total. The van der Waals surface area contributed by atoms with Crippen molar-refractivity contribution >= 4 is 34.7 Å². The van der Waals surface area contributed by atoms with Crippen molar-refractivity contribution in [1.29, 1.82) is 0 Å². The van der Waals surface area contributed by atoms with Gasteiger partial charge in [-0.05, 0) is 18.2 Å². The Kier molecular flexibility index (Phi) is 5.31. The Hall–Kier alpha value is -3.75. The normalized spacial score (nSPS) is 10.7. The number of carbonyl (C=O) groups is 3. The van der Waals surface area contributed by atoms with Crippen molar-refractivity contribution in [2.45, 2.75) is 6.92 Å². The van der Waals surface area contributed by atoms with Crippen LogP contribution in [0.25, 0.3) is 0 Å². The van der Waals surface area contributed by atoms with E-state index in [-0.39, 0.29) is 17.6 Å². The van der Waals surface area contributed by atoms with Gasteiger partial charge in [0, 0.05) is 53.7 Å². The van der Waals surface area contributed by atoms with Crippen molar-refractivity contribution < 1.29 is 14.4 Å². The maximum atomic E-state index is 12.6. The first kappa shape index (κ1) is 20.0. The Bertz CT molecular complexity index is 1100. The third kappa shape index (κ3) is 4.08. The van der Waals surface area contributed by atoms with Crippen LogP contribution >= 0.6 is 0 Å². The van der Waals surface area contributed by atoms with Gasteiger partial charge in [0.15, 0.2) is 5.78 Å². The Labute approximate surface area is 168 Å². The van der Waals surface area contributed by atoms with Crippen LogP contribution in [-0.4, -0.2) is 38.3 Å². The fraction of sp³-hybridized carbons (Fsp3) is 0.250. The molecule has 0 fully saturated rings. The second kappa shape index (κ2) is 7.70. The van der Waals surface area contributed by atoms with Gasteiger partial charge in [-0.3, -0.25) is 14.4 Å². The molecule has 0 spiro atoms. The van der Waals surface area contributed by atoms with Gasteiger partial charge in [0.2, 0.25) is 0 Å². The highest BCUT2D eigenvalue weighted by Crippen LogP contribution is 2.19. The van der Waals surface area contributed by atoms with Crippen LogP contribution in [0.1, 0.15) is 38.4 Å². The number of hydrogen-bond acceptors (Lipinski definition) is 4. The molecule has 0 aliphatic heterocycles. The van der Waals surface area contributed by atoms with Gasteiger partial charge >= 0.3 is 0 Å². The summed E-state index contributed by atoms with van der Waals surface area (Å²) in [4.78, 5) is 36.8. The van der Waals surface area contributed by atoms with Gasteiger partial charge in [-0.1, -0.05) is 0 Å². The molecule has 3 aromatic heterocycles. The van der Waals surface area contributed by atoms with E-state index in [0.29, 0.717) is 28.5 Å². The van der Waals surface area contributed by atoms with E-state index in [0.717, 1.165) is 5.69 Å². The van der Waals surface area contributed by atoms with Crippen LogP contribution < -0.4 is 16.0 Å². The summed E-state index contributed by atoms with van der Waals surface area (Å²) in [7, 11) is 7.03. The Morgan fingerprint density at radius 2 is 1.07 bits per heavy atom. The molecule has 3 N–H and O–H groups in total. The molecule has 0 aliphatic carbocycles. The predicted molar refractivity (Wildman–Crippen MR) is 112 cm³/mol. The van der Waals surface area contributed by atoms with Gasteiger partial charge in [-0.15, -0.1) is 0 Å². The average Bonchev–Trinajstić information content (AvgIpc) is 3.31. The molecule has 3 aromatic rings. The smallest absolute Gasteiger partial charge is 0.272 e. The predicted octanol–water partition coefficient (Wildman–Crippen LogP) is 2.45. The Morgan fingerprint density at radius 1 is 0.690 bits per heavy atom. The number of rotatable bonds is 6. The molecule has 0 unspecified atom stereocenters. The molecule has 9 heteroatoms. The third-order valence-corrected chi connectivity index (χ3v) is 4.65. The number of aromatic nitrogens is 3. The fourth-order valence-corrected chi connectivity index (χ4v) is 3.16. The summed E-state index contributed by atoms with van der Waals surface area (Å²) < 4.78 is 5.01. The first-order chi connectivity index (χ1) is 13.7. The second-order valence-corrected chi connectivity index (χ2v) is 6.89. The van der Waals surface area contributed by atoms with E-state index in [9.17, 15) is 14.4 Å². The summed E-state index contributed by atoms with van der Waals surface area (Å²) in [6.45, 7) is 1.47. The molecule has 3 heterocycles. The zero-order valence-corrected chi connectivity index (χ0v) is 17.0. The lowest BCUT2D eigenvalue weighted by Gasteiger charge is -2.03. The first-order valence-corrected chi connectivity index (χ1v) is 9.00. The standard InChI is InChI=1S/C20H24N6O3/c1-12(27)16-7-14(10-24(16)3)22-20(29)18-8-15(11-26(18)5)23-19(28)17-6-13(21-2)9-25(17)4/h6-11,21H,1-5H3,(H,22,29)(H,23,28). The van der Waals surface area contributed by atoms with Crippen molar-refractivity contribution in [3.63, 3.8) is 0 Å². The van der Waals surface area contributed by atoms with Gasteiger partial charge in [0.25, 0.3) is 11.8 Å². The summed E-state index contributed by atoms with van der Waals surface area (Å²) in [6.07, 6.45) is 5.16. The molecule has 0 aromatic carbocycles. The number of amides is 2. The summed E-state index contributed by atoms with van der Waals surface area (Å²) in [6, 6.07) is 4.97. The zero-order valence-electron chi connectivity index (χ0n) is 17.0. The highest BCUT2D eigenvalue weighted by molar-refractivity contribution is 6.07. The highest BCUT2D eigenvalue weighted by atomic mass is 16.2. The minimum absolute atomic E-state index is 0.0843. The highest BCUT2D eigenvalue weighted by Gasteiger charge is 2.17. The quantitative estimate of drug-likeness (QED) is 0.557. The summed E-state index contributed by atoms with van der Waals surface area (Å²) >= 11 is 0. The molecule has 152 valence electrons. The van der Waals surface area contributed by atoms with E-state index in [1.807, 2.05) is 6.20 Å². The molecular weight excluding hydrogens is 372 g/mol. The van der Waals surface area contributed by atoms with Crippen molar-refractivity contribution in [3.8, 4) is 0 Å². The largest absolute Gasteiger partial charge is 0.387 e. The summed E-state index contributed by atoms with van der Waals surface area (Å²) in [5, 5.41) is 8.57. The number of anilines is 3. The number of nitrogens with one attached hydrogen (secondary N) is 3. The van der Waals surface area contributed by atoms with Crippen LogP contribution in [0, 0.1) is 0 Å². The third-order valence-electron chi connectivity index (χ3n) is 4.65. The first-order valence-electron chi connectivity index (χ1n) is 9.00. The number of aryl methyl sites for hydroxylation is 3. The average molecular weight is 396 g/mol. The molecule has 0 radical (unpaired) electrons. The number of Topliss-reactive ketones (excluding diaryl/α,β-unsaturated/α-hetero) is 1. The van der Waals surface area contributed by atoms with Crippen molar-refractivity contribution in [3.05, 3.63) is 53.9 Å². The van der Waals surface area contributed by atoms with Crippen LogP contribution in [0.4, 0.5) is 17.1 Å². The van der Waals surface area contributed by atoms with Crippen molar-refractivity contribution in [2.24, 2.45) is 21.1 Å². The molecular formula is C20H24N6O3. The Morgan fingerprint density at radius 3 is 1.45 bits per heavy atom. The lowest BCUT2D eigenvalue weighted by molar-refractivity contribution is 0.0999. The van der Waals surface area contributed by atoms with Crippen LogP contribution in [0.5, 0.6) is 0 Å². The summed E-state index contributed by atoms with van der Waals surface area (Å²) in [5.41, 5.74) is 3.23. The molecule has 0 bridgehead atoms. The fourth-order valence-electron chi connectivity index (χ4n) is 3.16. The monoisotopic (exact) mass is 396 g/mol. The lowest BCUT2D eigenvalue weighted by atomic mass is 10.3. The van der Waals surface area contributed by atoms with Crippen molar-refractivity contribution in [2.75, 3.05) is 23.0 Å². The van der Waals surface area contributed by atoms with Crippen LogP contribution in [0.15, 0.2) is 36.8 Å². The van der Waals surface area contributed by atoms with Gasteiger partial charge in [0.05, 0.1) is 22.8 Å². The number of hydrogen-bond donors (Lipinski definition) is 3. The van der Waals surface area contributed by atoms with E-state index in [1.165, 1.54) is 6.92 Å². The maximum Gasteiger partial charge on any atom is 0.272 e. The van der Waals surface area contributed by atoms with Crippen molar-refractivity contribution in [1.82, 2.24) is 13.7 Å². The molecule has 0 saturated heterocycles. The minimum atomic E-state index is -0.343. The number of nitrogens with zero attached hydrogens (tertiary/aromatic N) is 3. The number of carbonyl (C=O) groups excluding carboxylic acids is 3.